The van der Waals surface area contributed by atoms with Gasteiger partial charge in [0.05, 0.1) is 0 Å². The highest BCUT2D eigenvalue weighted by molar-refractivity contribution is 4.82. The number of piperidine rings is 1. The average Bonchev–Trinajstić information content (AvgIpc) is 2.08. The van der Waals surface area contributed by atoms with E-state index in [1.54, 1.807) is 0 Å². The molecule has 2 unspecified atom stereocenters. The van der Waals surface area contributed by atoms with E-state index in [4.69, 9.17) is 10.2 Å². The van der Waals surface area contributed by atoms with Crippen LogP contribution in [0.25, 0.3) is 0 Å². The van der Waals surface area contributed by atoms with Crippen molar-refractivity contribution in [3.8, 4) is 0 Å². The smallest absolute Gasteiger partial charge is 0.0474 e. The number of hydrogen-bond donors (Lipinski definition) is 2. The van der Waals surface area contributed by atoms with Crippen LogP contribution in [0.5, 0.6) is 0 Å². The molecule has 0 aromatic carbocycles. The molecule has 2 atom stereocenters. The van der Waals surface area contributed by atoms with E-state index in [0.717, 1.165) is 13.1 Å². The number of hydrogen-bond acceptors (Lipinski definition) is 3. The third kappa shape index (κ3) is 1.97. The van der Waals surface area contributed by atoms with Crippen LogP contribution in [0, 0.1) is 17.8 Å². The van der Waals surface area contributed by atoms with E-state index in [0.29, 0.717) is 17.8 Å². The Morgan fingerprint density at radius 1 is 1.17 bits per heavy atom. The highest BCUT2D eigenvalue weighted by Gasteiger charge is 2.31. The van der Waals surface area contributed by atoms with Gasteiger partial charge < -0.3 is 15.1 Å². The van der Waals surface area contributed by atoms with Gasteiger partial charge in [-0.2, -0.15) is 0 Å². The predicted molar refractivity (Wildman–Crippen MR) is 47.8 cm³/mol. The standard InChI is InChI=1S/C9H19NO2/c1-7-8(5-11)3-10(2)4-9(7)6-12/h7-9,11-12H,3-6H2,1-2H3. The summed E-state index contributed by atoms with van der Waals surface area (Å²) in [6, 6.07) is 0. The molecule has 12 heavy (non-hydrogen) atoms. The Morgan fingerprint density at radius 3 is 1.92 bits per heavy atom. The quantitative estimate of drug-likeness (QED) is 0.607. The number of aliphatic hydroxyl groups is 2. The Bertz CT molecular complexity index is 126. The second-order valence-corrected chi connectivity index (χ2v) is 3.97. The van der Waals surface area contributed by atoms with E-state index >= 15 is 0 Å². The van der Waals surface area contributed by atoms with Crippen molar-refractivity contribution in [2.45, 2.75) is 6.92 Å². The summed E-state index contributed by atoms with van der Waals surface area (Å²) in [7, 11) is 2.04. The van der Waals surface area contributed by atoms with Crippen LogP contribution >= 0.6 is 0 Å². The van der Waals surface area contributed by atoms with E-state index in [1.807, 2.05) is 7.05 Å². The van der Waals surface area contributed by atoms with Crippen molar-refractivity contribution in [2.75, 3.05) is 33.4 Å². The van der Waals surface area contributed by atoms with Gasteiger partial charge in [0.1, 0.15) is 0 Å². The van der Waals surface area contributed by atoms with Gasteiger partial charge in [-0.25, -0.2) is 0 Å². The zero-order valence-corrected chi connectivity index (χ0v) is 7.90. The van der Waals surface area contributed by atoms with Gasteiger partial charge in [-0.3, -0.25) is 0 Å². The van der Waals surface area contributed by atoms with Gasteiger partial charge in [-0.05, 0) is 24.8 Å². The summed E-state index contributed by atoms with van der Waals surface area (Å²) >= 11 is 0. The minimum absolute atomic E-state index is 0.238. The first kappa shape index (κ1) is 9.96. The Kier molecular flexibility index (Phi) is 3.50. The molecular weight excluding hydrogens is 154 g/mol. The summed E-state index contributed by atoms with van der Waals surface area (Å²) in [6.45, 7) is 4.50. The molecule has 3 nitrogen and oxygen atoms in total. The Hall–Kier alpha value is -0.120. The maximum absolute atomic E-state index is 9.08. The zero-order chi connectivity index (χ0) is 9.14. The first-order chi connectivity index (χ1) is 5.69. The SMILES string of the molecule is CC1C(CO)CN(C)CC1CO. The van der Waals surface area contributed by atoms with E-state index in [2.05, 4.69) is 11.8 Å². The van der Waals surface area contributed by atoms with Crippen molar-refractivity contribution in [1.82, 2.24) is 4.90 Å². The number of likely N-dealkylation sites (tertiary alicyclic amines) is 1. The maximum Gasteiger partial charge on any atom is 0.0474 e. The molecule has 2 N–H and O–H groups in total. The first-order valence-corrected chi connectivity index (χ1v) is 4.59. The molecule has 3 heteroatoms. The van der Waals surface area contributed by atoms with Crippen molar-refractivity contribution in [3.05, 3.63) is 0 Å². The van der Waals surface area contributed by atoms with Crippen LogP contribution in [-0.4, -0.2) is 48.5 Å². The first-order valence-electron chi connectivity index (χ1n) is 4.59. The van der Waals surface area contributed by atoms with Gasteiger partial charge in [0.2, 0.25) is 0 Å². The molecule has 1 rings (SSSR count). The average molecular weight is 173 g/mol. The summed E-state index contributed by atoms with van der Waals surface area (Å²) in [4.78, 5) is 2.18. The molecule has 0 aromatic rings. The van der Waals surface area contributed by atoms with Crippen LogP contribution in [0.15, 0.2) is 0 Å². The van der Waals surface area contributed by atoms with Crippen LogP contribution < -0.4 is 0 Å². The fourth-order valence-electron chi connectivity index (χ4n) is 2.04. The van der Waals surface area contributed by atoms with E-state index in [9.17, 15) is 0 Å². The van der Waals surface area contributed by atoms with Crippen molar-refractivity contribution in [1.29, 1.82) is 0 Å². The monoisotopic (exact) mass is 173 g/mol. The molecule has 1 aliphatic rings. The predicted octanol–water partition coefficient (Wildman–Crippen LogP) is -0.215. The van der Waals surface area contributed by atoms with Crippen molar-refractivity contribution in [2.24, 2.45) is 17.8 Å². The summed E-state index contributed by atoms with van der Waals surface area (Å²) in [5.74, 6) is 1.11. The second kappa shape index (κ2) is 4.21. The maximum atomic E-state index is 9.08. The fourth-order valence-corrected chi connectivity index (χ4v) is 2.04. The van der Waals surface area contributed by atoms with Crippen LogP contribution in [-0.2, 0) is 0 Å². The zero-order valence-electron chi connectivity index (χ0n) is 7.90. The number of rotatable bonds is 2. The van der Waals surface area contributed by atoms with Gasteiger partial charge in [0.15, 0.2) is 0 Å². The van der Waals surface area contributed by atoms with E-state index in [-0.39, 0.29) is 13.2 Å². The third-order valence-electron chi connectivity index (χ3n) is 3.05. The van der Waals surface area contributed by atoms with Gasteiger partial charge >= 0.3 is 0 Å². The van der Waals surface area contributed by atoms with E-state index in [1.165, 1.54) is 0 Å². The van der Waals surface area contributed by atoms with Gasteiger partial charge in [-0.1, -0.05) is 6.92 Å². The second-order valence-electron chi connectivity index (χ2n) is 3.97. The lowest BCUT2D eigenvalue weighted by atomic mass is 9.80. The molecule has 0 amide bonds. The molecule has 1 heterocycles. The third-order valence-corrected chi connectivity index (χ3v) is 3.05. The topological polar surface area (TPSA) is 43.7 Å². The van der Waals surface area contributed by atoms with Gasteiger partial charge in [0.25, 0.3) is 0 Å². The summed E-state index contributed by atoms with van der Waals surface area (Å²) in [5.41, 5.74) is 0. The van der Waals surface area contributed by atoms with Crippen molar-refractivity contribution < 1.29 is 10.2 Å². The molecular formula is C9H19NO2. The minimum Gasteiger partial charge on any atom is -0.396 e. The lowest BCUT2D eigenvalue weighted by molar-refractivity contribution is 0.0237. The largest absolute Gasteiger partial charge is 0.396 e. The molecule has 72 valence electrons. The molecule has 0 spiro atoms. The molecule has 1 fully saturated rings. The van der Waals surface area contributed by atoms with Crippen molar-refractivity contribution >= 4 is 0 Å². The lowest BCUT2D eigenvalue weighted by Crippen LogP contribution is -2.46. The molecule has 1 aliphatic heterocycles. The highest BCUT2D eigenvalue weighted by atomic mass is 16.3. The Balaban J connectivity index is 2.55. The summed E-state index contributed by atoms with van der Waals surface area (Å²) in [5, 5.41) is 18.2. The van der Waals surface area contributed by atoms with Gasteiger partial charge in [0, 0.05) is 26.3 Å². The molecule has 0 aromatic heterocycles. The van der Waals surface area contributed by atoms with Gasteiger partial charge in [-0.15, -0.1) is 0 Å². The molecule has 0 radical (unpaired) electrons. The highest BCUT2D eigenvalue weighted by Crippen LogP contribution is 2.26. The summed E-state index contributed by atoms with van der Waals surface area (Å²) in [6.07, 6.45) is 0. The van der Waals surface area contributed by atoms with E-state index < -0.39 is 0 Å². The summed E-state index contributed by atoms with van der Waals surface area (Å²) < 4.78 is 0. The number of aliphatic hydroxyl groups excluding tert-OH is 2. The normalized spacial score (nSPS) is 38.5. The number of nitrogens with zero attached hydrogens (tertiary/aromatic N) is 1. The molecule has 1 saturated heterocycles. The lowest BCUT2D eigenvalue weighted by Gasteiger charge is -2.39. The minimum atomic E-state index is 0.238. The van der Waals surface area contributed by atoms with Crippen LogP contribution in [0.3, 0.4) is 0 Å². The molecule has 0 saturated carbocycles. The van der Waals surface area contributed by atoms with Crippen LogP contribution in [0.4, 0.5) is 0 Å². The molecule has 0 bridgehead atoms. The van der Waals surface area contributed by atoms with Crippen molar-refractivity contribution in [3.63, 3.8) is 0 Å². The van der Waals surface area contributed by atoms with Crippen LogP contribution in [0.1, 0.15) is 6.92 Å². The van der Waals surface area contributed by atoms with Crippen LogP contribution in [0.2, 0.25) is 0 Å². The Labute approximate surface area is 74.0 Å². The molecule has 0 aliphatic carbocycles. The fraction of sp³-hybridized carbons (Fsp3) is 1.00. The Morgan fingerprint density at radius 2 is 1.58 bits per heavy atom.